The molecular weight excluding hydrogens is 264 g/mol. The summed E-state index contributed by atoms with van der Waals surface area (Å²) >= 11 is 0. The molecule has 1 saturated heterocycles. The molecule has 1 heterocycles. The number of carbonyl (C=O) groups excluding carboxylic acids is 2. The molecule has 1 fully saturated rings. The number of nitrogens with zero attached hydrogens (tertiary/aromatic N) is 1. The Morgan fingerprint density at radius 2 is 2.15 bits per heavy atom. The van der Waals surface area contributed by atoms with Gasteiger partial charge in [0.05, 0.1) is 18.4 Å². The van der Waals surface area contributed by atoms with Crippen molar-refractivity contribution in [1.29, 1.82) is 0 Å². The highest BCUT2D eigenvalue weighted by Gasteiger charge is 2.25. The normalized spacial score (nSPS) is 15.6. The average molecular weight is 278 g/mol. The minimum absolute atomic E-state index is 0.0455. The molecule has 0 radical (unpaired) electrons. The quantitative estimate of drug-likeness (QED) is 0.867. The van der Waals surface area contributed by atoms with Crippen molar-refractivity contribution in [3.63, 3.8) is 0 Å². The summed E-state index contributed by atoms with van der Waals surface area (Å²) in [5.74, 6) is -1.06. The van der Waals surface area contributed by atoms with Crippen molar-refractivity contribution < 1.29 is 24.2 Å². The highest BCUT2D eigenvalue weighted by molar-refractivity contribution is 6.05. The number of aromatic carboxylic acids is 1. The van der Waals surface area contributed by atoms with Gasteiger partial charge in [-0.1, -0.05) is 0 Å². The highest BCUT2D eigenvalue weighted by atomic mass is 16.5. The van der Waals surface area contributed by atoms with Crippen molar-refractivity contribution in [2.24, 2.45) is 0 Å². The fraction of sp³-hybridized carbons (Fsp3) is 0.308. The molecule has 3 amide bonds. The van der Waals surface area contributed by atoms with E-state index in [1.54, 1.807) is 0 Å². The number of hydrogen-bond acceptors (Lipinski definition) is 4. The van der Waals surface area contributed by atoms with Gasteiger partial charge in [0, 0.05) is 13.0 Å². The zero-order chi connectivity index (χ0) is 14.7. The summed E-state index contributed by atoms with van der Waals surface area (Å²) in [6, 6.07) is 3.66. The van der Waals surface area contributed by atoms with Crippen molar-refractivity contribution in [2.45, 2.75) is 12.8 Å². The summed E-state index contributed by atoms with van der Waals surface area (Å²) in [6.45, 7) is 0.316. The Kier molecular flexibility index (Phi) is 3.88. The lowest BCUT2D eigenvalue weighted by Crippen LogP contribution is -2.40. The lowest BCUT2D eigenvalue weighted by Gasteiger charge is -2.22. The van der Waals surface area contributed by atoms with Crippen LogP contribution in [0.1, 0.15) is 23.2 Å². The minimum atomic E-state index is -1.10. The second-order valence-electron chi connectivity index (χ2n) is 4.30. The smallest absolute Gasteiger partial charge is 0.335 e. The van der Waals surface area contributed by atoms with E-state index in [-0.39, 0.29) is 17.9 Å². The van der Waals surface area contributed by atoms with Crippen LogP contribution < -0.4 is 15.0 Å². The van der Waals surface area contributed by atoms with Crippen molar-refractivity contribution in [3.8, 4) is 5.75 Å². The molecule has 1 aromatic rings. The summed E-state index contributed by atoms with van der Waals surface area (Å²) in [4.78, 5) is 35.6. The van der Waals surface area contributed by atoms with Crippen molar-refractivity contribution in [3.05, 3.63) is 23.8 Å². The van der Waals surface area contributed by atoms with Gasteiger partial charge in [0.2, 0.25) is 5.91 Å². The van der Waals surface area contributed by atoms with Gasteiger partial charge < -0.3 is 9.84 Å². The second-order valence-corrected chi connectivity index (χ2v) is 4.30. The van der Waals surface area contributed by atoms with E-state index in [4.69, 9.17) is 9.84 Å². The van der Waals surface area contributed by atoms with Crippen LogP contribution in [0.4, 0.5) is 10.5 Å². The third-order valence-electron chi connectivity index (χ3n) is 2.99. The predicted octanol–water partition coefficient (Wildman–Crippen LogP) is 1.23. The molecule has 1 aromatic carbocycles. The average Bonchev–Trinajstić information content (AvgIpc) is 2.58. The topological polar surface area (TPSA) is 95.9 Å². The first-order chi connectivity index (χ1) is 9.52. The van der Waals surface area contributed by atoms with E-state index in [9.17, 15) is 14.4 Å². The monoisotopic (exact) mass is 278 g/mol. The fourth-order valence-electron chi connectivity index (χ4n) is 2.01. The molecule has 7 nitrogen and oxygen atoms in total. The van der Waals surface area contributed by atoms with Gasteiger partial charge in [0.25, 0.3) is 0 Å². The molecule has 0 aromatic heterocycles. The molecule has 2 N–H and O–H groups in total. The largest absolute Gasteiger partial charge is 0.495 e. The molecule has 0 saturated carbocycles. The number of anilines is 1. The van der Waals surface area contributed by atoms with E-state index in [1.807, 2.05) is 0 Å². The van der Waals surface area contributed by atoms with E-state index in [0.29, 0.717) is 24.4 Å². The van der Waals surface area contributed by atoms with E-state index in [0.717, 1.165) is 0 Å². The number of ether oxygens (including phenoxy) is 1. The number of amides is 3. The maximum Gasteiger partial charge on any atom is 0.335 e. The first-order valence-corrected chi connectivity index (χ1v) is 6.05. The van der Waals surface area contributed by atoms with Crippen molar-refractivity contribution >= 4 is 23.6 Å². The van der Waals surface area contributed by atoms with Gasteiger partial charge in [-0.15, -0.1) is 0 Å². The number of carbonyl (C=O) groups is 3. The van der Waals surface area contributed by atoms with Gasteiger partial charge in [-0.3, -0.25) is 15.0 Å². The van der Waals surface area contributed by atoms with Crippen LogP contribution in [0, 0.1) is 0 Å². The molecule has 0 bridgehead atoms. The number of benzene rings is 1. The Morgan fingerprint density at radius 3 is 2.80 bits per heavy atom. The molecule has 0 aliphatic carbocycles. The Morgan fingerprint density at radius 1 is 1.40 bits per heavy atom. The van der Waals surface area contributed by atoms with Crippen LogP contribution in [0.15, 0.2) is 18.2 Å². The number of imide groups is 1. The molecule has 0 atom stereocenters. The third kappa shape index (κ3) is 2.71. The third-order valence-corrected chi connectivity index (χ3v) is 2.99. The molecule has 1 aliphatic heterocycles. The van der Waals surface area contributed by atoms with Crippen LogP contribution in [0.3, 0.4) is 0 Å². The maximum atomic E-state index is 12.0. The molecule has 106 valence electrons. The van der Waals surface area contributed by atoms with E-state index in [2.05, 4.69) is 5.32 Å². The maximum absolute atomic E-state index is 12.0. The highest BCUT2D eigenvalue weighted by Crippen LogP contribution is 2.30. The van der Waals surface area contributed by atoms with Gasteiger partial charge in [0.1, 0.15) is 5.75 Å². The molecular formula is C13H14N2O5. The molecule has 1 aliphatic rings. The number of hydrogen-bond donors (Lipinski definition) is 2. The first kappa shape index (κ1) is 13.9. The lowest BCUT2D eigenvalue weighted by atomic mass is 10.1. The number of urea groups is 1. The van der Waals surface area contributed by atoms with Crippen LogP contribution in [-0.4, -0.2) is 36.7 Å². The van der Waals surface area contributed by atoms with Crippen molar-refractivity contribution in [1.82, 2.24) is 5.32 Å². The Balaban J connectivity index is 2.43. The Bertz CT molecular complexity index is 570. The zero-order valence-electron chi connectivity index (χ0n) is 10.9. The molecule has 2 rings (SSSR count). The number of nitrogens with one attached hydrogen (secondary N) is 1. The van der Waals surface area contributed by atoms with E-state index < -0.39 is 12.0 Å². The van der Waals surface area contributed by atoms with Gasteiger partial charge >= 0.3 is 12.0 Å². The number of carboxylic acid groups (broad SMARTS) is 1. The summed E-state index contributed by atoms with van der Waals surface area (Å²) in [6.07, 6.45) is 0.751. The van der Waals surface area contributed by atoms with Crippen LogP contribution in [0.2, 0.25) is 0 Å². The summed E-state index contributed by atoms with van der Waals surface area (Å²) in [5, 5.41) is 11.3. The minimum Gasteiger partial charge on any atom is -0.495 e. The number of carboxylic acids is 1. The summed E-state index contributed by atoms with van der Waals surface area (Å²) < 4.78 is 5.15. The van der Waals surface area contributed by atoms with Crippen LogP contribution >= 0.6 is 0 Å². The Hall–Kier alpha value is -2.57. The van der Waals surface area contributed by atoms with E-state index >= 15 is 0 Å². The SMILES string of the molecule is COc1ccc(C(=O)O)cc1N1CCCC(=O)NC1=O. The standard InChI is InChI=1S/C13H14N2O5/c1-20-10-5-4-8(12(17)18)7-9(10)15-6-2-3-11(16)14-13(15)19/h4-5,7H,2-3,6H2,1H3,(H,17,18)(H,14,16,19). The molecule has 7 heteroatoms. The molecule has 0 unspecified atom stereocenters. The van der Waals surface area contributed by atoms with Crippen molar-refractivity contribution in [2.75, 3.05) is 18.6 Å². The zero-order valence-corrected chi connectivity index (χ0v) is 10.9. The molecule has 0 spiro atoms. The van der Waals surface area contributed by atoms with Crippen LogP contribution in [0.25, 0.3) is 0 Å². The second kappa shape index (κ2) is 5.60. The molecule has 20 heavy (non-hydrogen) atoms. The lowest BCUT2D eigenvalue weighted by molar-refractivity contribution is -0.119. The number of methoxy groups -OCH3 is 1. The first-order valence-electron chi connectivity index (χ1n) is 6.05. The van der Waals surface area contributed by atoms with Gasteiger partial charge in [0.15, 0.2) is 0 Å². The van der Waals surface area contributed by atoms with Gasteiger partial charge in [-0.2, -0.15) is 0 Å². The summed E-state index contributed by atoms with van der Waals surface area (Å²) in [5.41, 5.74) is 0.378. The fourth-order valence-corrected chi connectivity index (χ4v) is 2.01. The van der Waals surface area contributed by atoms with Gasteiger partial charge in [-0.05, 0) is 24.6 Å². The van der Waals surface area contributed by atoms with Gasteiger partial charge in [-0.25, -0.2) is 9.59 Å². The van der Waals surface area contributed by atoms with Crippen LogP contribution in [-0.2, 0) is 4.79 Å². The van der Waals surface area contributed by atoms with E-state index in [1.165, 1.54) is 30.2 Å². The summed E-state index contributed by atoms with van der Waals surface area (Å²) in [7, 11) is 1.43. The Labute approximate surface area is 115 Å². The van der Waals surface area contributed by atoms with Crippen LogP contribution in [0.5, 0.6) is 5.75 Å². The number of rotatable bonds is 3. The predicted molar refractivity (Wildman–Crippen MR) is 70.1 cm³/mol.